The molecule has 6 heteroatoms. The summed E-state index contributed by atoms with van der Waals surface area (Å²) < 4.78 is 0. The molecule has 82 valence electrons. The SMILES string of the molecule is C[C@H](N)C(=O)O.NC(=O)N1CCCC1. The van der Waals surface area contributed by atoms with Gasteiger partial charge in [0.2, 0.25) is 0 Å². The standard InChI is InChI=1S/C5H10N2O.C3H7NO2/c6-5(8)7-3-1-2-4-7;1-2(4)3(5)6/h1-4H2,(H2,6,8);2H,4H2,1H3,(H,5,6)/t;2-/m.0/s1. The van der Waals surface area contributed by atoms with Crippen molar-refractivity contribution >= 4 is 12.0 Å². The predicted molar refractivity (Wildman–Crippen MR) is 51.7 cm³/mol. The number of urea groups is 1. The molecule has 1 aliphatic heterocycles. The maximum absolute atomic E-state index is 10.3. The van der Waals surface area contributed by atoms with Crippen LogP contribution < -0.4 is 11.5 Å². The second-order valence-electron chi connectivity index (χ2n) is 3.16. The number of amides is 2. The number of rotatable bonds is 1. The maximum atomic E-state index is 10.3. The normalized spacial score (nSPS) is 16.9. The number of nitrogens with two attached hydrogens (primary N) is 2. The summed E-state index contributed by atoms with van der Waals surface area (Å²) in [6.07, 6.45) is 2.23. The number of likely N-dealkylation sites (tertiary alicyclic amines) is 1. The number of carbonyl (C=O) groups excluding carboxylic acids is 1. The van der Waals surface area contributed by atoms with E-state index in [-0.39, 0.29) is 6.03 Å². The lowest BCUT2D eigenvalue weighted by molar-refractivity contribution is -0.138. The number of hydrogen-bond donors (Lipinski definition) is 3. The highest BCUT2D eigenvalue weighted by Gasteiger charge is 2.13. The van der Waals surface area contributed by atoms with Crippen LogP contribution in [0.25, 0.3) is 0 Å². The Labute approximate surface area is 82.9 Å². The summed E-state index contributed by atoms with van der Waals surface area (Å²) in [5.74, 6) is -0.963. The molecule has 1 saturated heterocycles. The Hall–Kier alpha value is -1.30. The smallest absolute Gasteiger partial charge is 0.320 e. The van der Waals surface area contributed by atoms with E-state index in [2.05, 4.69) is 0 Å². The van der Waals surface area contributed by atoms with E-state index < -0.39 is 12.0 Å². The fraction of sp³-hybridized carbons (Fsp3) is 0.750. The molecule has 6 nitrogen and oxygen atoms in total. The first-order chi connectivity index (χ1) is 6.45. The lowest BCUT2D eigenvalue weighted by Gasteiger charge is -2.09. The minimum atomic E-state index is -0.963. The van der Waals surface area contributed by atoms with Crippen molar-refractivity contribution in [1.29, 1.82) is 0 Å². The van der Waals surface area contributed by atoms with E-state index in [1.165, 1.54) is 6.92 Å². The molecule has 0 spiro atoms. The molecule has 2 amide bonds. The molecule has 0 bridgehead atoms. The van der Waals surface area contributed by atoms with Crippen molar-refractivity contribution < 1.29 is 14.7 Å². The third kappa shape index (κ3) is 5.36. The van der Waals surface area contributed by atoms with Gasteiger partial charge in [-0.05, 0) is 19.8 Å². The van der Waals surface area contributed by atoms with Gasteiger partial charge in [-0.1, -0.05) is 0 Å². The quantitative estimate of drug-likeness (QED) is 0.537. The van der Waals surface area contributed by atoms with E-state index in [0.717, 1.165) is 25.9 Å². The van der Waals surface area contributed by atoms with Crippen LogP contribution in [0.1, 0.15) is 19.8 Å². The van der Waals surface area contributed by atoms with Crippen molar-refractivity contribution in [2.24, 2.45) is 11.5 Å². The van der Waals surface area contributed by atoms with Crippen LogP contribution in [0.3, 0.4) is 0 Å². The van der Waals surface area contributed by atoms with Gasteiger partial charge in [-0.2, -0.15) is 0 Å². The van der Waals surface area contributed by atoms with Crippen LogP contribution in [0.4, 0.5) is 4.79 Å². The second kappa shape index (κ2) is 6.20. The summed E-state index contributed by atoms with van der Waals surface area (Å²) >= 11 is 0. The van der Waals surface area contributed by atoms with Crippen molar-refractivity contribution in [2.75, 3.05) is 13.1 Å². The fourth-order valence-corrected chi connectivity index (χ4v) is 0.938. The highest BCUT2D eigenvalue weighted by atomic mass is 16.4. The van der Waals surface area contributed by atoms with Crippen LogP contribution in [-0.4, -0.2) is 41.1 Å². The van der Waals surface area contributed by atoms with Crippen molar-refractivity contribution in [3.8, 4) is 0 Å². The van der Waals surface area contributed by atoms with Gasteiger partial charge < -0.3 is 21.5 Å². The van der Waals surface area contributed by atoms with Gasteiger partial charge in [-0.15, -0.1) is 0 Å². The Kier molecular flexibility index (Phi) is 5.62. The summed E-state index contributed by atoms with van der Waals surface area (Å²) in [4.78, 5) is 21.6. The summed E-state index contributed by atoms with van der Waals surface area (Å²) in [5.41, 5.74) is 9.82. The topological polar surface area (TPSA) is 110 Å². The molecular formula is C8H17N3O3. The van der Waals surface area contributed by atoms with Crippen molar-refractivity contribution in [3.05, 3.63) is 0 Å². The number of carboxylic acids is 1. The van der Waals surface area contributed by atoms with Crippen LogP contribution in [0, 0.1) is 0 Å². The van der Waals surface area contributed by atoms with Crippen LogP contribution in [0.5, 0.6) is 0 Å². The minimum Gasteiger partial charge on any atom is -0.480 e. The molecule has 0 saturated carbocycles. The van der Waals surface area contributed by atoms with Crippen LogP contribution in [-0.2, 0) is 4.79 Å². The third-order valence-electron chi connectivity index (χ3n) is 1.81. The minimum absolute atomic E-state index is 0.275. The lowest BCUT2D eigenvalue weighted by atomic mass is 10.4. The summed E-state index contributed by atoms with van der Waals surface area (Å²) in [7, 11) is 0. The molecule has 0 aromatic heterocycles. The van der Waals surface area contributed by atoms with Crippen LogP contribution >= 0.6 is 0 Å². The van der Waals surface area contributed by atoms with Gasteiger partial charge in [0.05, 0.1) is 0 Å². The lowest BCUT2D eigenvalue weighted by Crippen LogP contribution is -2.32. The van der Waals surface area contributed by atoms with Crippen LogP contribution in [0.2, 0.25) is 0 Å². The van der Waals surface area contributed by atoms with Gasteiger partial charge in [0.1, 0.15) is 6.04 Å². The van der Waals surface area contributed by atoms with E-state index in [9.17, 15) is 9.59 Å². The number of carboxylic acid groups (broad SMARTS) is 1. The molecule has 0 aliphatic carbocycles. The Bertz CT molecular complexity index is 200. The molecule has 0 radical (unpaired) electrons. The van der Waals surface area contributed by atoms with Gasteiger partial charge >= 0.3 is 12.0 Å². The largest absolute Gasteiger partial charge is 0.480 e. The summed E-state index contributed by atoms with van der Waals surface area (Å²) in [6.45, 7) is 3.13. The van der Waals surface area contributed by atoms with Crippen molar-refractivity contribution in [3.63, 3.8) is 0 Å². The molecule has 1 rings (SSSR count). The number of carbonyl (C=O) groups is 2. The van der Waals surface area contributed by atoms with Crippen LogP contribution in [0.15, 0.2) is 0 Å². The van der Waals surface area contributed by atoms with Crippen molar-refractivity contribution in [2.45, 2.75) is 25.8 Å². The molecule has 0 unspecified atom stereocenters. The second-order valence-corrected chi connectivity index (χ2v) is 3.16. The zero-order valence-electron chi connectivity index (χ0n) is 8.27. The van der Waals surface area contributed by atoms with E-state index in [4.69, 9.17) is 16.6 Å². The zero-order chi connectivity index (χ0) is 11.1. The number of aliphatic carboxylic acids is 1. The predicted octanol–water partition coefficient (Wildman–Crippen LogP) is -0.421. The first-order valence-electron chi connectivity index (χ1n) is 4.48. The Morgan fingerprint density at radius 3 is 1.86 bits per heavy atom. The number of hydrogen-bond acceptors (Lipinski definition) is 3. The summed E-state index contributed by atoms with van der Waals surface area (Å²) in [5, 5.41) is 7.87. The average Bonchev–Trinajstić information content (AvgIpc) is 2.56. The summed E-state index contributed by atoms with van der Waals surface area (Å²) in [6, 6.07) is -1.01. The zero-order valence-corrected chi connectivity index (χ0v) is 8.27. The molecule has 0 aromatic carbocycles. The highest BCUT2D eigenvalue weighted by molar-refractivity contribution is 5.72. The molecule has 1 aliphatic rings. The van der Waals surface area contributed by atoms with Gasteiger partial charge in [0, 0.05) is 13.1 Å². The molecule has 14 heavy (non-hydrogen) atoms. The Balaban J connectivity index is 0.000000255. The number of primary amides is 1. The highest BCUT2D eigenvalue weighted by Crippen LogP contribution is 2.05. The van der Waals surface area contributed by atoms with E-state index in [0.29, 0.717) is 0 Å². The van der Waals surface area contributed by atoms with E-state index in [1.54, 1.807) is 4.90 Å². The van der Waals surface area contributed by atoms with E-state index in [1.807, 2.05) is 0 Å². The van der Waals surface area contributed by atoms with E-state index >= 15 is 0 Å². The maximum Gasteiger partial charge on any atom is 0.320 e. The van der Waals surface area contributed by atoms with Gasteiger partial charge in [0.15, 0.2) is 0 Å². The Morgan fingerprint density at radius 1 is 1.36 bits per heavy atom. The van der Waals surface area contributed by atoms with Gasteiger partial charge in [-0.3, -0.25) is 4.79 Å². The first-order valence-corrected chi connectivity index (χ1v) is 4.48. The molecular weight excluding hydrogens is 186 g/mol. The first kappa shape index (κ1) is 12.7. The molecule has 1 fully saturated rings. The molecule has 1 heterocycles. The monoisotopic (exact) mass is 203 g/mol. The Morgan fingerprint density at radius 2 is 1.71 bits per heavy atom. The molecule has 0 aromatic rings. The number of nitrogens with zero attached hydrogens (tertiary/aromatic N) is 1. The molecule has 1 atom stereocenters. The molecule has 5 N–H and O–H groups in total. The van der Waals surface area contributed by atoms with Crippen molar-refractivity contribution in [1.82, 2.24) is 4.90 Å². The van der Waals surface area contributed by atoms with Gasteiger partial charge in [-0.25, -0.2) is 4.79 Å². The van der Waals surface area contributed by atoms with Gasteiger partial charge in [0.25, 0.3) is 0 Å². The average molecular weight is 203 g/mol. The fourth-order valence-electron chi connectivity index (χ4n) is 0.938. The third-order valence-corrected chi connectivity index (χ3v) is 1.81.